The summed E-state index contributed by atoms with van der Waals surface area (Å²) in [4.78, 5) is 17.1. The molecule has 0 unspecified atom stereocenters. The van der Waals surface area contributed by atoms with Crippen LogP contribution in [0.5, 0.6) is 5.88 Å². The molecule has 0 aliphatic heterocycles. The average molecular weight is 334 g/mol. The Labute approximate surface area is 145 Å². The zero-order chi connectivity index (χ0) is 17.4. The van der Waals surface area contributed by atoms with Crippen molar-refractivity contribution in [2.24, 2.45) is 0 Å². The fraction of sp³-hybridized carbons (Fsp3) is 0.200. The molecule has 25 heavy (non-hydrogen) atoms. The molecule has 0 saturated carbocycles. The minimum absolute atomic E-state index is 0.270. The second-order valence-electron chi connectivity index (χ2n) is 6.16. The number of carbonyl (C=O) groups excluding carboxylic acids is 1. The first-order chi connectivity index (χ1) is 12.2. The van der Waals surface area contributed by atoms with Gasteiger partial charge >= 0.3 is 0 Å². The van der Waals surface area contributed by atoms with Gasteiger partial charge in [0.05, 0.1) is 19.3 Å². The second-order valence-corrected chi connectivity index (χ2v) is 6.16. The van der Waals surface area contributed by atoms with Gasteiger partial charge in [-0.05, 0) is 28.6 Å². The summed E-state index contributed by atoms with van der Waals surface area (Å²) in [5, 5.41) is 15.0. The number of aromatic nitrogens is 1. The monoisotopic (exact) mass is 334 g/mol. The summed E-state index contributed by atoms with van der Waals surface area (Å²) in [5.74, 6) is 0.0837. The second kappa shape index (κ2) is 6.18. The lowest BCUT2D eigenvalue weighted by molar-refractivity contribution is 0.0853. The van der Waals surface area contributed by atoms with Crippen molar-refractivity contribution in [2.45, 2.75) is 18.6 Å². The number of carbonyl (C=O) groups is 1. The Morgan fingerprint density at radius 3 is 2.80 bits per heavy atom. The van der Waals surface area contributed by atoms with Gasteiger partial charge in [-0.1, -0.05) is 42.5 Å². The summed E-state index contributed by atoms with van der Waals surface area (Å²) >= 11 is 0. The van der Waals surface area contributed by atoms with Gasteiger partial charge in [0.1, 0.15) is 5.69 Å². The minimum atomic E-state index is -0.635. The van der Waals surface area contributed by atoms with Crippen LogP contribution in [0, 0.1) is 0 Å². The normalized spacial score (nSPS) is 18.8. The van der Waals surface area contributed by atoms with Gasteiger partial charge in [0.2, 0.25) is 5.88 Å². The fourth-order valence-electron chi connectivity index (χ4n) is 3.40. The highest BCUT2D eigenvalue weighted by Crippen LogP contribution is 2.31. The van der Waals surface area contributed by atoms with Crippen LogP contribution in [0.25, 0.3) is 10.8 Å². The van der Waals surface area contributed by atoms with E-state index in [-0.39, 0.29) is 11.6 Å². The first-order valence-electron chi connectivity index (χ1n) is 8.18. The number of ether oxygens (including phenoxy) is 1. The zero-order valence-corrected chi connectivity index (χ0v) is 13.8. The summed E-state index contributed by atoms with van der Waals surface area (Å²) in [6.07, 6.45) is -0.0982. The van der Waals surface area contributed by atoms with Crippen LogP contribution in [-0.4, -0.2) is 29.2 Å². The van der Waals surface area contributed by atoms with Crippen LogP contribution in [0.15, 0.2) is 54.6 Å². The van der Waals surface area contributed by atoms with Crippen LogP contribution in [-0.2, 0) is 6.42 Å². The number of hydrogen-bond donors (Lipinski definition) is 2. The van der Waals surface area contributed by atoms with Crippen LogP contribution in [0.2, 0.25) is 0 Å². The average Bonchev–Trinajstić information content (AvgIpc) is 2.96. The number of aliphatic hydroxyl groups is 1. The van der Waals surface area contributed by atoms with E-state index in [1.165, 1.54) is 7.11 Å². The molecule has 0 fully saturated rings. The number of methoxy groups -OCH3 is 1. The molecule has 4 rings (SSSR count). The van der Waals surface area contributed by atoms with Crippen LogP contribution < -0.4 is 10.1 Å². The Hall–Kier alpha value is -2.92. The van der Waals surface area contributed by atoms with Crippen molar-refractivity contribution in [1.82, 2.24) is 10.3 Å². The lowest BCUT2D eigenvalue weighted by Gasteiger charge is -2.18. The number of nitrogens with one attached hydrogen (secondary N) is 1. The smallest absolute Gasteiger partial charge is 0.270 e. The molecule has 2 atom stereocenters. The summed E-state index contributed by atoms with van der Waals surface area (Å²) in [6, 6.07) is 16.7. The van der Waals surface area contributed by atoms with Crippen molar-refractivity contribution in [3.63, 3.8) is 0 Å². The molecule has 1 aromatic heterocycles. The highest BCUT2D eigenvalue weighted by atomic mass is 16.5. The van der Waals surface area contributed by atoms with Gasteiger partial charge in [-0.25, -0.2) is 4.98 Å². The number of nitrogens with zero attached hydrogens (tertiary/aromatic N) is 1. The number of benzene rings is 2. The molecule has 126 valence electrons. The van der Waals surface area contributed by atoms with Gasteiger partial charge in [-0.3, -0.25) is 4.79 Å². The van der Waals surface area contributed by atoms with Gasteiger partial charge < -0.3 is 15.2 Å². The predicted molar refractivity (Wildman–Crippen MR) is 94.7 cm³/mol. The largest absolute Gasteiger partial charge is 0.481 e. The number of aliphatic hydroxyl groups excluding tert-OH is 1. The molecule has 2 N–H and O–H groups in total. The molecule has 1 aliphatic carbocycles. The predicted octanol–water partition coefficient (Wildman–Crippen LogP) is 2.63. The molecule has 5 heteroatoms. The van der Waals surface area contributed by atoms with Gasteiger partial charge in [0.25, 0.3) is 5.91 Å². The molecule has 3 aromatic rings. The van der Waals surface area contributed by atoms with Gasteiger partial charge in [-0.2, -0.15) is 0 Å². The quantitative estimate of drug-likeness (QED) is 0.772. The Bertz CT molecular complexity index is 955. The molecule has 2 aromatic carbocycles. The lowest BCUT2D eigenvalue weighted by atomic mass is 10.1. The van der Waals surface area contributed by atoms with Gasteiger partial charge in [0.15, 0.2) is 0 Å². The molecular weight excluding hydrogens is 316 g/mol. The molecule has 5 nitrogen and oxygen atoms in total. The molecule has 1 aliphatic rings. The summed E-state index contributed by atoms with van der Waals surface area (Å²) in [6.45, 7) is 0. The number of hydrogen-bond acceptors (Lipinski definition) is 4. The SMILES string of the molecule is COc1nc(C(=O)N[C@H]2c3ccccc3C[C@H]2O)cc2ccccc12. The van der Waals surface area contributed by atoms with Crippen LogP contribution in [0.1, 0.15) is 27.7 Å². The molecule has 0 saturated heterocycles. The Balaban J connectivity index is 1.67. The van der Waals surface area contributed by atoms with Crippen LogP contribution in [0.3, 0.4) is 0 Å². The van der Waals surface area contributed by atoms with E-state index in [2.05, 4.69) is 10.3 Å². The maximum atomic E-state index is 12.7. The molecular formula is C20H18N2O3. The number of amides is 1. The van der Waals surface area contributed by atoms with E-state index in [1.54, 1.807) is 6.07 Å². The summed E-state index contributed by atoms with van der Waals surface area (Å²) in [7, 11) is 1.54. The van der Waals surface area contributed by atoms with Crippen LogP contribution in [0.4, 0.5) is 0 Å². The van der Waals surface area contributed by atoms with Crippen molar-refractivity contribution in [3.8, 4) is 5.88 Å². The van der Waals surface area contributed by atoms with E-state index in [1.807, 2.05) is 48.5 Å². The maximum Gasteiger partial charge on any atom is 0.270 e. The number of fused-ring (bicyclic) bond motifs is 2. The molecule has 0 bridgehead atoms. The Morgan fingerprint density at radius 1 is 1.20 bits per heavy atom. The Kier molecular flexibility index (Phi) is 3.86. The number of pyridine rings is 1. The van der Waals surface area contributed by atoms with Crippen molar-refractivity contribution in [1.29, 1.82) is 0 Å². The highest BCUT2D eigenvalue weighted by Gasteiger charge is 2.32. The van der Waals surface area contributed by atoms with Crippen molar-refractivity contribution in [3.05, 3.63) is 71.4 Å². The topological polar surface area (TPSA) is 71.5 Å². The fourth-order valence-corrected chi connectivity index (χ4v) is 3.40. The summed E-state index contributed by atoms with van der Waals surface area (Å²) < 4.78 is 5.33. The molecule has 0 radical (unpaired) electrons. The standard InChI is InChI=1S/C20H18N2O3/c1-25-20-15-9-5-3-6-12(15)10-16(21-20)19(24)22-18-14-8-4-2-7-13(14)11-17(18)23/h2-10,17-18,23H,11H2,1H3,(H,22,24)/t17-,18+/m1/s1. The Morgan fingerprint density at radius 2 is 1.96 bits per heavy atom. The molecule has 1 heterocycles. The van der Waals surface area contributed by atoms with Crippen molar-refractivity contribution in [2.75, 3.05) is 7.11 Å². The number of rotatable bonds is 3. The zero-order valence-electron chi connectivity index (χ0n) is 13.8. The van der Waals surface area contributed by atoms with E-state index in [0.29, 0.717) is 12.3 Å². The highest BCUT2D eigenvalue weighted by molar-refractivity contribution is 5.98. The lowest BCUT2D eigenvalue weighted by Crippen LogP contribution is -2.34. The van der Waals surface area contributed by atoms with E-state index < -0.39 is 12.1 Å². The van der Waals surface area contributed by atoms with E-state index in [9.17, 15) is 9.90 Å². The molecule has 0 spiro atoms. The van der Waals surface area contributed by atoms with Crippen molar-refractivity contribution < 1.29 is 14.6 Å². The third-order valence-electron chi connectivity index (χ3n) is 4.62. The third kappa shape index (κ3) is 2.72. The van der Waals surface area contributed by atoms with E-state index in [4.69, 9.17) is 4.74 Å². The maximum absolute atomic E-state index is 12.7. The van der Waals surface area contributed by atoms with Gasteiger partial charge in [-0.15, -0.1) is 0 Å². The van der Waals surface area contributed by atoms with Crippen LogP contribution >= 0.6 is 0 Å². The van der Waals surface area contributed by atoms with E-state index >= 15 is 0 Å². The van der Waals surface area contributed by atoms with Gasteiger partial charge in [0, 0.05) is 11.8 Å². The first kappa shape index (κ1) is 15.6. The first-order valence-corrected chi connectivity index (χ1v) is 8.18. The third-order valence-corrected chi connectivity index (χ3v) is 4.62. The minimum Gasteiger partial charge on any atom is -0.481 e. The molecule has 1 amide bonds. The van der Waals surface area contributed by atoms with Crippen molar-refractivity contribution >= 4 is 16.7 Å². The summed E-state index contributed by atoms with van der Waals surface area (Å²) in [5.41, 5.74) is 2.28. The van der Waals surface area contributed by atoms with E-state index in [0.717, 1.165) is 21.9 Å².